The lowest BCUT2D eigenvalue weighted by Gasteiger charge is -2.32. The molecular weight excluding hydrogens is 405 g/mol. The fourth-order valence-electron chi connectivity index (χ4n) is 4.08. The van der Waals surface area contributed by atoms with Crippen molar-refractivity contribution in [1.82, 2.24) is 0 Å². The van der Waals surface area contributed by atoms with E-state index in [2.05, 4.69) is 20.1 Å². The molecule has 134 valence electrons. The van der Waals surface area contributed by atoms with E-state index in [1.165, 1.54) is 64.2 Å². The maximum Gasteiger partial charge on any atom is 0.280 e. The Bertz CT molecular complexity index is 655. The van der Waals surface area contributed by atoms with Crippen LogP contribution in [0.3, 0.4) is 0 Å². The van der Waals surface area contributed by atoms with E-state index in [9.17, 15) is 8.42 Å². The van der Waals surface area contributed by atoms with E-state index in [1.807, 2.05) is 0 Å². The van der Waals surface area contributed by atoms with Crippen molar-refractivity contribution in [3.8, 4) is 0 Å². The predicted octanol–water partition coefficient (Wildman–Crippen LogP) is 6.20. The summed E-state index contributed by atoms with van der Waals surface area (Å²) in [5.74, 6) is 0. The van der Waals surface area contributed by atoms with Crippen LogP contribution in [0.15, 0.2) is 37.8 Å². The van der Waals surface area contributed by atoms with Crippen molar-refractivity contribution in [2.75, 3.05) is 0 Å². The van der Waals surface area contributed by atoms with Gasteiger partial charge in [-0.15, -0.1) is 0 Å². The maximum atomic E-state index is 12.9. The zero-order valence-corrected chi connectivity index (χ0v) is 17.5. The van der Waals surface area contributed by atoms with E-state index in [4.69, 9.17) is 0 Å². The number of hydrogen-bond acceptors (Lipinski definition) is 2. The largest absolute Gasteiger partial charge is 0.280 e. The van der Waals surface area contributed by atoms with E-state index in [1.54, 1.807) is 24.3 Å². The molecule has 3 nitrogen and oxygen atoms in total. The molecule has 24 heavy (non-hydrogen) atoms. The van der Waals surface area contributed by atoms with Gasteiger partial charge in [0, 0.05) is 4.47 Å². The highest BCUT2D eigenvalue weighted by Crippen LogP contribution is 2.50. The smallest absolute Gasteiger partial charge is 0.199 e. The van der Waals surface area contributed by atoms with Gasteiger partial charge in [0.15, 0.2) is 0 Å². The molecule has 1 aromatic carbocycles. The topological polar surface area (TPSA) is 46.5 Å². The summed E-state index contributed by atoms with van der Waals surface area (Å²) >= 11 is 3.37. The first-order chi connectivity index (χ1) is 11.6. The van der Waals surface area contributed by atoms with E-state index >= 15 is 0 Å². The molecule has 2 aliphatic carbocycles. The van der Waals surface area contributed by atoms with Crippen molar-refractivity contribution in [3.63, 3.8) is 0 Å². The molecule has 0 bridgehead atoms. The summed E-state index contributed by atoms with van der Waals surface area (Å²) < 4.78 is 31.3. The van der Waals surface area contributed by atoms with Gasteiger partial charge in [-0.25, -0.2) is 0 Å². The summed E-state index contributed by atoms with van der Waals surface area (Å²) in [7, 11) is -4.76. The second kappa shape index (κ2) is 8.51. The van der Waals surface area contributed by atoms with Gasteiger partial charge in [0.2, 0.25) is 0 Å². The second-order valence-corrected chi connectivity index (χ2v) is 12.7. The third kappa shape index (κ3) is 4.74. The van der Waals surface area contributed by atoms with Crippen molar-refractivity contribution in [3.05, 3.63) is 28.7 Å². The molecular formula is C18H27BrNO2PS. The highest BCUT2D eigenvalue weighted by atomic mass is 79.9. The minimum atomic E-state index is -3.53. The molecule has 2 saturated carbocycles. The Kier molecular flexibility index (Phi) is 6.62. The zero-order valence-electron chi connectivity index (χ0n) is 14.1. The summed E-state index contributed by atoms with van der Waals surface area (Å²) in [6.07, 6.45) is 12.3. The molecule has 2 fully saturated rings. The quantitative estimate of drug-likeness (QED) is 0.532. The first-order valence-corrected chi connectivity index (χ1v) is 13.0. The molecule has 6 heteroatoms. The Morgan fingerprint density at radius 1 is 0.833 bits per heavy atom. The SMILES string of the molecule is O=S(=O)(N=[PH](C1CCCCC1)C1CCCCC1)c1ccc(Br)cc1. The minimum Gasteiger partial charge on any atom is -0.199 e. The van der Waals surface area contributed by atoms with Crippen molar-refractivity contribution in [1.29, 1.82) is 0 Å². The number of halogens is 1. The van der Waals surface area contributed by atoms with E-state index in [0.29, 0.717) is 16.2 Å². The van der Waals surface area contributed by atoms with Crippen LogP contribution in [0.2, 0.25) is 0 Å². The fraction of sp³-hybridized carbons (Fsp3) is 0.667. The lowest BCUT2D eigenvalue weighted by Crippen LogP contribution is -2.17. The van der Waals surface area contributed by atoms with Crippen molar-refractivity contribution in [2.24, 2.45) is 4.15 Å². The Hall–Kier alpha value is -0.120. The molecule has 0 heterocycles. The Labute approximate surface area is 155 Å². The number of nitrogens with zero attached hydrogens (tertiary/aromatic N) is 1. The highest BCUT2D eigenvalue weighted by Gasteiger charge is 2.28. The molecule has 1 aromatic rings. The number of hydrogen-bond donors (Lipinski definition) is 0. The normalized spacial score (nSPS) is 21.1. The summed E-state index contributed by atoms with van der Waals surface area (Å²) in [6.45, 7) is 0. The Morgan fingerprint density at radius 3 is 1.75 bits per heavy atom. The molecule has 0 radical (unpaired) electrons. The maximum absolute atomic E-state index is 12.9. The van der Waals surface area contributed by atoms with Crippen molar-refractivity contribution < 1.29 is 8.42 Å². The molecule has 0 aromatic heterocycles. The van der Waals surface area contributed by atoms with Gasteiger partial charge in [-0.1, -0.05) is 54.5 Å². The van der Waals surface area contributed by atoms with Crippen LogP contribution in [0.5, 0.6) is 0 Å². The molecule has 3 rings (SSSR count). The molecule has 0 atom stereocenters. The van der Waals surface area contributed by atoms with E-state index in [-0.39, 0.29) is 0 Å². The number of rotatable bonds is 4. The average Bonchev–Trinajstić information content (AvgIpc) is 2.62. The summed E-state index contributed by atoms with van der Waals surface area (Å²) in [6, 6.07) is 6.92. The molecule has 0 N–H and O–H groups in total. The minimum absolute atomic E-state index is 0.347. The summed E-state index contributed by atoms with van der Waals surface area (Å²) in [5.41, 5.74) is 1.11. The van der Waals surface area contributed by atoms with Crippen molar-refractivity contribution in [2.45, 2.75) is 80.4 Å². The standard InChI is InChI=1S/C18H27BrNO2PS/c19-15-11-13-18(14-12-15)24(21,22)20-23(16-7-3-1-4-8-16)17-9-5-2-6-10-17/h11-14,16-17,23H,1-10H2. The Morgan fingerprint density at radius 2 is 1.29 bits per heavy atom. The summed E-state index contributed by atoms with van der Waals surface area (Å²) in [5, 5.41) is 0. The molecule has 0 amide bonds. The molecule has 2 aliphatic rings. The first kappa shape index (κ1) is 18.7. The van der Waals surface area contributed by atoms with Gasteiger partial charge in [0.05, 0.1) is 4.90 Å². The predicted molar refractivity (Wildman–Crippen MR) is 106 cm³/mol. The van der Waals surface area contributed by atoms with Gasteiger partial charge in [-0.05, 0) is 69.0 Å². The van der Waals surface area contributed by atoms with Crippen LogP contribution in [-0.4, -0.2) is 19.7 Å². The lowest BCUT2D eigenvalue weighted by molar-refractivity contribution is 0.487. The van der Waals surface area contributed by atoms with Gasteiger partial charge < -0.3 is 0 Å². The third-order valence-corrected chi connectivity index (χ3v) is 11.4. The first-order valence-electron chi connectivity index (χ1n) is 9.16. The Balaban J connectivity index is 1.93. The highest BCUT2D eigenvalue weighted by molar-refractivity contribution is 9.10. The van der Waals surface area contributed by atoms with Crippen molar-refractivity contribution >= 4 is 33.7 Å². The van der Waals surface area contributed by atoms with Crippen LogP contribution < -0.4 is 0 Å². The molecule has 0 saturated heterocycles. The van der Waals surface area contributed by atoms with Crippen LogP contribution in [0.25, 0.3) is 0 Å². The van der Waals surface area contributed by atoms with Crippen LogP contribution in [0, 0.1) is 0 Å². The van der Waals surface area contributed by atoms with E-state index < -0.39 is 17.7 Å². The van der Waals surface area contributed by atoms with E-state index in [0.717, 1.165) is 4.47 Å². The fourth-order valence-corrected chi connectivity index (χ4v) is 10.2. The monoisotopic (exact) mass is 431 g/mol. The van der Waals surface area contributed by atoms with Crippen LogP contribution in [0.1, 0.15) is 64.2 Å². The number of sulfonamides is 1. The van der Waals surface area contributed by atoms with Crippen LogP contribution in [-0.2, 0) is 10.0 Å². The molecule has 0 aliphatic heterocycles. The second-order valence-electron chi connectivity index (χ2n) is 7.12. The third-order valence-electron chi connectivity index (χ3n) is 5.38. The molecule has 0 spiro atoms. The lowest BCUT2D eigenvalue weighted by atomic mass is 10.00. The van der Waals surface area contributed by atoms with Gasteiger partial charge in [-0.2, -0.15) is 12.6 Å². The van der Waals surface area contributed by atoms with Gasteiger partial charge >= 0.3 is 0 Å². The number of benzene rings is 1. The van der Waals surface area contributed by atoms with Gasteiger partial charge in [-0.3, -0.25) is 0 Å². The van der Waals surface area contributed by atoms with Gasteiger partial charge in [0.1, 0.15) is 0 Å². The van der Waals surface area contributed by atoms with Gasteiger partial charge in [0.25, 0.3) is 10.0 Å². The van der Waals surface area contributed by atoms with Crippen LogP contribution >= 0.6 is 23.6 Å². The summed E-state index contributed by atoms with van der Waals surface area (Å²) in [4.78, 5) is 0.347. The van der Waals surface area contributed by atoms with Crippen LogP contribution in [0.4, 0.5) is 0 Å². The zero-order chi connectivity index (χ0) is 17.0. The average molecular weight is 432 g/mol. The molecule has 0 unspecified atom stereocenters.